The minimum absolute atomic E-state index is 0.00921. The first-order valence-electron chi connectivity index (χ1n) is 4.53. The first-order chi connectivity index (χ1) is 7.02. The highest BCUT2D eigenvalue weighted by Crippen LogP contribution is 2.35. The van der Waals surface area contributed by atoms with Crippen LogP contribution in [0.5, 0.6) is 5.75 Å². The Hall–Kier alpha value is -1.29. The third kappa shape index (κ3) is 1.45. The molecule has 2 N–H and O–H groups in total. The Morgan fingerprint density at radius 1 is 1.47 bits per heavy atom. The smallest absolute Gasteiger partial charge is 0.162 e. The lowest BCUT2D eigenvalue weighted by atomic mass is 10.1. The molecule has 0 radical (unpaired) electrons. The summed E-state index contributed by atoms with van der Waals surface area (Å²) in [5, 5.41) is 10.3. The Kier molecular flexibility index (Phi) is 2.31. The minimum Gasteiger partial charge on any atom is -0.507 e. The largest absolute Gasteiger partial charge is 0.507 e. The van der Waals surface area contributed by atoms with E-state index in [1.54, 1.807) is 12.1 Å². The van der Waals surface area contributed by atoms with Crippen molar-refractivity contribution in [3.8, 4) is 5.75 Å². The molecule has 78 valence electrons. The van der Waals surface area contributed by atoms with Gasteiger partial charge in [0, 0.05) is 22.2 Å². The van der Waals surface area contributed by atoms with Crippen LogP contribution in [-0.4, -0.2) is 15.9 Å². The zero-order valence-electron chi connectivity index (χ0n) is 8.39. The van der Waals surface area contributed by atoms with Crippen LogP contribution in [0.4, 0.5) is 0 Å². The number of hydrogen-bond acceptors (Lipinski definition) is 2. The van der Waals surface area contributed by atoms with E-state index >= 15 is 0 Å². The normalized spacial score (nSPS) is 10.9. The maximum absolute atomic E-state index is 11.5. The quantitative estimate of drug-likeness (QED) is 0.780. The second-order valence-corrected chi connectivity index (χ2v) is 4.30. The standard InChI is InChI=1S/C11H10BrNO2/c1-5-9(6(2)14)10-7(13-5)3-4-8(15)11(10)12/h3-4,13,15H,1-2H3. The molecule has 0 aliphatic heterocycles. The van der Waals surface area contributed by atoms with E-state index < -0.39 is 0 Å². The number of carbonyl (C=O) groups excluding carboxylic acids is 1. The number of hydrogen-bond donors (Lipinski definition) is 2. The number of aromatic nitrogens is 1. The summed E-state index contributed by atoms with van der Waals surface area (Å²) >= 11 is 3.29. The fourth-order valence-electron chi connectivity index (χ4n) is 1.81. The Bertz CT molecular complexity index is 557. The summed E-state index contributed by atoms with van der Waals surface area (Å²) in [5.74, 6) is 0.133. The molecule has 1 heterocycles. The van der Waals surface area contributed by atoms with Gasteiger partial charge < -0.3 is 10.1 Å². The number of nitrogens with one attached hydrogen (secondary N) is 1. The molecule has 2 aromatic rings. The number of ketones is 1. The van der Waals surface area contributed by atoms with Crippen molar-refractivity contribution in [2.75, 3.05) is 0 Å². The first kappa shape index (κ1) is 10.2. The van der Waals surface area contributed by atoms with Crippen molar-refractivity contribution in [3.05, 3.63) is 27.9 Å². The number of phenolic OH excluding ortho intramolecular Hbond substituents is 1. The van der Waals surface area contributed by atoms with Crippen LogP contribution >= 0.6 is 15.9 Å². The molecule has 0 aliphatic carbocycles. The molecule has 4 heteroatoms. The number of halogens is 1. The summed E-state index contributed by atoms with van der Waals surface area (Å²) in [4.78, 5) is 14.6. The number of aromatic hydroxyl groups is 1. The summed E-state index contributed by atoms with van der Waals surface area (Å²) < 4.78 is 0.564. The predicted molar refractivity (Wildman–Crippen MR) is 62.4 cm³/mol. The lowest BCUT2D eigenvalue weighted by Crippen LogP contribution is -1.93. The van der Waals surface area contributed by atoms with Gasteiger partial charge in [0.05, 0.1) is 4.47 Å². The molecule has 0 bridgehead atoms. The molecule has 0 unspecified atom stereocenters. The van der Waals surface area contributed by atoms with E-state index in [1.807, 2.05) is 6.92 Å². The molecule has 3 nitrogen and oxygen atoms in total. The van der Waals surface area contributed by atoms with Gasteiger partial charge in [-0.05, 0) is 41.9 Å². The Morgan fingerprint density at radius 3 is 2.73 bits per heavy atom. The maximum Gasteiger partial charge on any atom is 0.162 e. The van der Waals surface area contributed by atoms with Crippen molar-refractivity contribution in [2.45, 2.75) is 13.8 Å². The molecule has 0 aliphatic rings. The second-order valence-electron chi connectivity index (χ2n) is 3.50. The molecule has 0 atom stereocenters. The lowest BCUT2D eigenvalue weighted by molar-refractivity contribution is 0.101. The summed E-state index contributed by atoms with van der Waals surface area (Å²) in [6.45, 7) is 3.37. The van der Waals surface area contributed by atoms with Gasteiger partial charge in [-0.2, -0.15) is 0 Å². The lowest BCUT2D eigenvalue weighted by Gasteiger charge is -2.00. The van der Waals surface area contributed by atoms with Crippen molar-refractivity contribution < 1.29 is 9.90 Å². The van der Waals surface area contributed by atoms with E-state index in [0.29, 0.717) is 10.0 Å². The molecule has 1 aromatic carbocycles. The van der Waals surface area contributed by atoms with Gasteiger partial charge in [0.1, 0.15) is 5.75 Å². The van der Waals surface area contributed by atoms with Crippen molar-refractivity contribution in [2.24, 2.45) is 0 Å². The number of carbonyl (C=O) groups is 1. The van der Waals surface area contributed by atoms with Gasteiger partial charge in [0.15, 0.2) is 5.78 Å². The van der Waals surface area contributed by atoms with Crippen LogP contribution in [0.15, 0.2) is 16.6 Å². The number of aromatic amines is 1. The number of aryl methyl sites for hydroxylation is 1. The van der Waals surface area contributed by atoms with E-state index in [0.717, 1.165) is 16.6 Å². The molecule has 15 heavy (non-hydrogen) atoms. The predicted octanol–water partition coefficient (Wildman–Crippen LogP) is 3.15. The van der Waals surface area contributed by atoms with E-state index in [1.165, 1.54) is 6.92 Å². The number of Topliss-reactive ketones (excluding diaryl/α,β-unsaturated/α-hetero) is 1. The summed E-state index contributed by atoms with van der Waals surface area (Å²) in [6.07, 6.45) is 0. The van der Waals surface area contributed by atoms with Gasteiger partial charge in [0.25, 0.3) is 0 Å². The molecule has 0 amide bonds. The minimum atomic E-state index is -0.00921. The highest BCUT2D eigenvalue weighted by atomic mass is 79.9. The van der Waals surface area contributed by atoms with Gasteiger partial charge in [-0.1, -0.05) is 0 Å². The average Bonchev–Trinajstić information content (AvgIpc) is 2.49. The van der Waals surface area contributed by atoms with Crippen LogP contribution in [0.25, 0.3) is 10.9 Å². The Morgan fingerprint density at radius 2 is 2.13 bits per heavy atom. The average molecular weight is 268 g/mol. The van der Waals surface area contributed by atoms with Crippen LogP contribution in [-0.2, 0) is 0 Å². The summed E-state index contributed by atoms with van der Waals surface area (Å²) in [6, 6.07) is 3.35. The van der Waals surface area contributed by atoms with Gasteiger partial charge in [0.2, 0.25) is 0 Å². The maximum atomic E-state index is 11.5. The zero-order chi connectivity index (χ0) is 11.2. The molecule has 2 rings (SSSR count). The van der Waals surface area contributed by atoms with Crippen LogP contribution in [0, 0.1) is 6.92 Å². The number of phenols is 1. The SMILES string of the molecule is CC(=O)c1c(C)[nH]c2ccc(O)c(Br)c12. The van der Waals surface area contributed by atoms with Gasteiger partial charge in [-0.3, -0.25) is 4.79 Å². The number of H-pyrrole nitrogens is 1. The van der Waals surface area contributed by atoms with E-state index in [9.17, 15) is 9.90 Å². The fraction of sp³-hybridized carbons (Fsp3) is 0.182. The number of fused-ring (bicyclic) bond motifs is 1. The molecule has 1 aromatic heterocycles. The Balaban J connectivity index is 2.96. The zero-order valence-corrected chi connectivity index (χ0v) is 9.97. The monoisotopic (exact) mass is 267 g/mol. The second kappa shape index (κ2) is 3.38. The summed E-state index contributed by atoms with van der Waals surface area (Å²) in [7, 11) is 0. The van der Waals surface area contributed by atoms with Crippen LogP contribution < -0.4 is 0 Å². The van der Waals surface area contributed by atoms with Crippen molar-refractivity contribution >= 4 is 32.6 Å². The Labute approximate surface area is 95.2 Å². The fourth-order valence-corrected chi connectivity index (χ4v) is 2.35. The third-order valence-corrected chi connectivity index (χ3v) is 3.22. The van der Waals surface area contributed by atoms with Crippen LogP contribution in [0.2, 0.25) is 0 Å². The van der Waals surface area contributed by atoms with Gasteiger partial charge in [-0.15, -0.1) is 0 Å². The van der Waals surface area contributed by atoms with E-state index in [2.05, 4.69) is 20.9 Å². The van der Waals surface area contributed by atoms with Crippen molar-refractivity contribution in [1.29, 1.82) is 0 Å². The molecule has 0 spiro atoms. The highest BCUT2D eigenvalue weighted by Gasteiger charge is 2.16. The highest BCUT2D eigenvalue weighted by molar-refractivity contribution is 9.10. The molecule has 0 saturated heterocycles. The first-order valence-corrected chi connectivity index (χ1v) is 5.32. The molecular weight excluding hydrogens is 258 g/mol. The summed E-state index contributed by atoms with van der Waals surface area (Å²) in [5.41, 5.74) is 2.30. The van der Waals surface area contributed by atoms with Crippen LogP contribution in [0.3, 0.4) is 0 Å². The van der Waals surface area contributed by atoms with E-state index in [-0.39, 0.29) is 11.5 Å². The van der Waals surface area contributed by atoms with Gasteiger partial charge in [-0.25, -0.2) is 0 Å². The number of rotatable bonds is 1. The van der Waals surface area contributed by atoms with E-state index in [4.69, 9.17) is 0 Å². The number of benzene rings is 1. The molecule has 0 fully saturated rings. The topological polar surface area (TPSA) is 53.1 Å². The van der Waals surface area contributed by atoms with Crippen LogP contribution in [0.1, 0.15) is 23.0 Å². The van der Waals surface area contributed by atoms with Gasteiger partial charge >= 0.3 is 0 Å². The third-order valence-electron chi connectivity index (χ3n) is 2.42. The van der Waals surface area contributed by atoms with Crippen molar-refractivity contribution in [3.63, 3.8) is 0 Å². The molecular formula is C11H10BrNO2. The van der Waals surface area contributed by atoms with Crippen molar-refractivity contribution in [1.82, 2.24) is 4.98 Å². The molecule has 0 saturated carbocycles.